The molecule has 0 saturated heterocycles. The lowest BCUT2D eigenvalue weighted by Crippen LogP contribution is -2.11. The Bertz CT molecular complexity index is 485. The van der Waals surface area contributed by atoms with Gasteiger partial charge in [0, 0.05) is 0 Å². The molecule has 0 aromatic heterocycles. The Kier molecular flexibility index (Phi) is 2.99. The molecule has 0 spiro atoms. The number of nitriles is 1. The van der Waals surface area contributed by atoms with Crippen LogP contribution in [0.2, 0.25) is 0 Å². The molecule has 0 heterocycles. The molecule has 0 saturated carbocycles. The molecule has 0 N–H and O–H groups in total. The normalized spacial score (nSPS) is 11.0. The van der Waals surface area contributed by atoms with Crippen LogP contribution in [0.4, 0.5) is 17.6 Å². The first-order valence-corrected chi connectivity index (χ1v) is 4.09. The van der Waals surface area contributed by atoms with Crippen molar-refractivity contribution in [3.8, 4) is 6.07 Å². The first kappa shape index (κ1) is 12.2. The Morgan fingerprint density at radius 2 is 1.94 bits per heavy atom. The van der Waals surface area contributed by atoms with Gasteiger partial charge in [-0.3, -0.25) is 4.79 Å². The third-order valence-corrected chi connectivity index (χ3v) is 1.94. The Morgan fingerprint density at radius 1 is 1.38 bits per heavy atom. The van der Waals surface area contributed by atoms with Crippen molar-refractivity contribution in [2.24, 2.45) is 0 Å². The number of halogens is 4. The predicted octanol–water partition coefficient (Wildman–Crippen LogP) is 2.92. The van der Waals surface area contributed by atoms with E-state index in [1.807, 2.05) is 0 Å². The second kappa shape index (κ2) is 3.93. The summed E-state index contributed by atoms with van der Waals surface area (Å²) in [4.78, 5) is 10.9. The van der Waals surface area contributed by atoms with Gasteiger partial charge in [0.05, 0.1) is 11.1 Å². The summed E-state index contributed by atoms with van der Waals surface area (Å²) in [7, 11) is 0. The average molecular weight is 231 g/mol. The van der Waals surface area contributed by atoms with E-state index in [4.69, 9.17) is 5.26 Å². The lowest BCUT2D eigenvalue weighted by Gasteiger charge is -2.10. The zero-order valence-corrected chi connectivity index (χ0v) is 8.02. The van der Waals surface area contributed by atoms with E-state index in [-0.39, 0.29) is 0 Å². The molecule has 0 unspecified atom stereocenters. The SMILES string of the molecule is CC(=O)c1ccc(C(F)(F)F)c(C#N)c1F. The van der Waals surface area contributed by atoms with Crippen molar-refractivity contribution in [1.82, 2.24) is 0 Å². The highest BCUT2D eigenvalue weighted by molar-refractivity contribution is 5.94. The Labute approximate surface area is 88.1 Å². The lowest BCUT2D eigenvalue weighted by molar-refractivity contribution is -0.138. The van der Waals surface area contributed by atoms with Gasteiger partial charge >= 0.3 is 6.18 Å². The third kappa shape index (κ3) is 2.03. The van der Waals surface area contributed by atoms with E-state index in [0.29, 0.717) is 6.07 Å². The minimum absolute atomic E-state index is 0.524. The van der Waals surface area contributed by atoms with Gasteiger partial charge in [-0.25, -0.2) is 4.39 Å². The molecule has 0 amide bonds. The fourth-order valence-corrected chi connectivity index (χ4v) is 1.19. The molecule has 6 heteroatoms. The van der Waals surface area contributed by atoms with Gasteiger partial charge < -0.3 is 0 Å². The predicted molar refractivity (Wildman–Crippen MR) is 46.1 cm³/mol. The highest BCUT2D eigenvalue weighted by atomic mass is 19.4. The van der Waals surface area contributed by atoms with E-state index in [2.05, 4.69) is 0 Å². The smallest absolute Gasteiger partial charge is 0.294 e. The summed E-state index contributed by atoms with van der Waals surface area (Å²) in [6, 6.07) is 2.37. The van der Waals surface area contributed by atoms with Gasteiger partial charge in [-0.15, -0.1) is 0 Å². The van der Waals surface area contributed by atoms with Crippen molar-refractivity contribution >= 4 is 5.78 Å². The minimum Gasteiger partial charge on any atom is -0.294 e. The fourth-order valence-electron chi connectivity index (χ4n) is 1.19. The number of Topliss-reactive ketones (excluding diaryl/α,β-unsaturated/α-hetero) is 1. The summed E-state index contributed by atoms with van der Waals surface area (Å²) in [6.45, 7) is 1.01. The summed E-state index contributed by atoms with van der Waals surface area (Å²) < 4.78 is 50.4. The standard InChI is InChI=1S/C10H5F4NO/c1-5(16)6-2-3-8(10(12,13)14)7(4-15)9(6)11/h2-3H,1H3. The highest BCUT2D eigenvalue weighted by Gasteiger charge is 2.35. The summed E-state index contributed by atoms with van der Waals surface area (Å²) >= 11 is 0. The second-order valence-corrected chi connectivity index (χ2v) is 3.02. The number of ketones is 1. The molecule has 2 nitrogen and oxygen atoms in total. The van der Waals surface area contributed by atoms with Crippen molar-refractivity contribution in [2.75, 3.05) is 0 Å². The Balaban J connectivity index is 3.56. The fraction of sp³-hybridized carbons (Fsp3) is 0.200. The molecule has 84 valence electrons. The number of alkyl halides is 3. The molecule has 0 aliphatic rings. The number of hydrogen-bond acceptors (Lipinski definition) is 2. The van der Waals surface area contributed by atoms with Crippen LogP contribution in [0.1, 0.15) is 28.4 Å². The maximum atomic E-state index is 13.4. The molecule has 1 aromatic rings. The molecule has 1 rings (SSSR count). The van der Waals surface area contributed by atoms with E-state index >= 15 is 0 Å². The first-order valence-electron chi connectivity index (χ1n) is 4.09. The number of rotatable bonds is 1. The number of benzene rings is 1. The number of hydrogen-bond donors (Lipinski definition) is 0. The van der Waals surface area contributed by atoms with Gasteiger partial charge in [0.2, 0.25) is 0 Å². The topological polar surface area (TPSA) is 40.9 Å². The summed E-state index contributed by atoms with van der Waals surface area (Å²) in [5.41, 5.74) is -3.05. The summed E-state index contributed by atoms with van der Waals surface area (Å²) in [5, 5.41) is 8.47. The van der Waals surface area contributed by atoms with Gasteiger partial charge in [0.25, 0.3) is 0 Å². The monoisotopic (exact) mass is 231 g/mol. The zero-order valence-electron chi connectivity index (χ0n) is 8.02. The van der Waals surface area contributed by atoms with Crippen LogP contribution < -0.4 is 0 Å². The number of nitrogens with zero attached hydrogens (tertiary/aromatic N) is 1. The molecular formula is C10H5F4NO. The van der Waals surface area contributed by atoms with E-state index < -0.39 is 34.5 Å². The quantitative estimate of drug-likeness (QED) is 0.550. The molecular weight excluding hydrogens is 226 g/mol. The lowest BCUT2D eigenvalue weighted by atomic mass is 10.0. The van der Waals surface area contributed by atoms with E-state index in [1.54, 1.807) is 0 Å². The molecule has 0 aliphatic carbocycles. The average Bonchev–Trinajstić information content (AvgIpc) is 2.15. The molecule has 0 fully saturated rings. The Morgan fingerprint density at radius 3 is 2.31 bits per heavy atom. The van der Waals surface area contributed by atoms with Crippen LogP contribution in [-0.4, -0.2) is 5.78 Å². The van der Waals surface area contributed by atoms with Crippen molar-refractivity contribution < 1.29 is 22.4 Å². The van der Waals surface area contributed by atoms with Gasteiger partial charge in [-0.05, 0) is 19.1 Å². The van der Waals surface area contributed by atoms with E-state index in [9.17, 15) is 22.4 Å². The van der Waals surface area contributed by atoms with Gasteiger partial charge in [-0.1, -0.05) is 0 Å². The van der Waals surface area contributed by atoms with E-state index in [1.165, 1.54) is 0 Å². The first-order chi connectivity index (χ1) is 7.29. The van der Waals surface area contributed by atoms with Crippen LogP contribution >= 0.6 is 0 Å². The largest absolute Gasteiger partial charge is 0.417 e. The molecule has 0 radical (unpaired) electrons. The summed E-state index contributed by atoms with van der Waals surface area (Å²) in [5.74, 6) is -2.16. The van der Waals surface area contributed by atoms with Crippen molar-refractivity contribution in [3.05, 3.63) is 34.6 Å². The van der Waals surface area contributed by atoms with Crippen molar-refractivity contribution in [1.29, 1.82) is 5.26 Å². The maximum absolute atomic E-state index is 13.4. The van der Waals surface area contributed by atoms with Gasteiger partial charge in [-0.2, -0.15) is 18.4 Å². The second-order valence-electron chi connectivity index (χ2n) is 3.02. The maximum Gasteiger partial charge on any atom is 0.417 e. The molecule has 0 atom stereocenters. The van der Waals surface area contributed by atoms with Crippen LogP contribution in [0, 0.1) is 17.1 Å². The van der Waals surface area contributed by atoms with Gasteiger partial charge in [0.15, 0.2) is 11.6 Å². The summed E-state index contributed by atoms with van der Waals surface area (Å²) in [6.07, 6.45) is -4.82. The van der Waals surface area contributed by atoms with Crippen molar-refractivity contribution in [2.45, 2.75) is 13.1 Å². The number of carbonyl (C=O) groups is 1. The third-order valence-electron chi connectivity index (χ3n) is 1.94. The minimum atomic E-state index is -4.82. The van der Waals surface area contributed by atoms with Crippen LogP contribution in [0.25, 0.3) is 0 Å². The van der Waals surface area contributed by atoms with Crippen LogP contribution in [0.3, 0.4) is 0 Å². The molecule has 1 aromatic carbocycles. The van der Waals surface area contributed by atoms with Crippen LogP contribution in [0.5, 0.6) is 0 Å². The van der Waals surface area contributed by atoms with Crippen molar-refractivity contribution in [3.63, 3.8) is 0 Å². The van der Waals surface area contributed by atoms with E-state index in [0.717, 1.165) is 19.1 Å². The molecule has 0 bridgehead atoms. The molecule has 0 aliphatic heterocycles. The molecule has 16 heavy (non-hydrogen) atoms. The van der Waals surface area contributed by atoms with Gasteiger partial charge in [0.1, 0.15) is 11.6 Å². The highest BCUT2D eigenvalue weighted by Crippen LogP contribution is 2.33. The Hall–Kier alpha value is -1.90. The number of carbonyl (C=O) groups excluding carboxylic acids is 1. The van der Waals surface area contributed by atoms with Crippen LogP contribution in [-0.2, 0) is 6.18 Å². The van der Waals surface area contributed by atoms with Crippen LogP contribution in [0.15, 0.2) is 12.1 Å². The zero-order chi connectivity index (χ0) is 12.5.